The van der Waals surface area contributed by atoms with Gasteiger partial charge < -0.3 is 5.11 Å². The van der Waals surface area contributed by atoms with Crippen LogP contribution in [0.1, 0.15) is 12.5 Å². The topological polar surface area (TPSA) is 66.4 Å². The van der Waals surface area contributed by atoms with Crippen LogP contribution >= 0.6 is 23.2 Å². The van der Waals surface area contributed by atoms with Gasteiger partial charge in [-0.05, 0) is 36.8 Å². The Bertz CT molecular complexity index is 899. The lowest BCUT2D eigenvalue weighted by Gasteiger charge is -2.27. The summed E-state index contributed by atoms with van der Waals surface area (Å²) in [6.07, 6.45) is -4.92. The number of hydrogen-bond acceptors (Lipinski definition) is 3. The number of sulfonamides is 1. The molecule has 1 atom stereocenters. The lowest BCUT2D eigenvalue weighted by Crippen LogP contribution is -2.39. The summed E-state index contributed by atoms with van der Waals surface area (Å²) in [4.78, 5) is -0.209. The fourth-order valence-corrected chi connectivity index (χ4v) is 3.81. The third kappa shape index (κ3) is 4.03. The molecule has 1 unspecified atom stereocenters. The lowest BCUT2D eigenvalue weighted by atomic mass is 9.95. The van der Waals surface area contributed by atoms with Gasteiger partial charge in [0.1, 0.15) is 4.90 Å². The molecule has 0 bridgehead atoms. The van der Waals surface area contributed by atoms with Crippen LogP contribution in [0.5, 0.6) is 0 Å². The largest absolute Gasteiger partial charge is 0.421 e. The maximum absolute atomic E-state index is 12.9. The van der Waals surface area contributed by atoms with E-state index in [1.807, 2.05) is 0 Å². The van der Waals surface area contributed by atoms with Crippen molar-refractivity contribution in [2.75, 3.05) is 4.72 Å². The van der Waals surface area contributed by atoms with Gasteiger partial charge in [-0.25, -0.2) is 8.42 Å². The fourth-order valence-electron chi connectivity index (χ4n) is 1.93. The first kappa shape index (κ1) is 19.8. The Kier molecular flexibility index (Phi) is 5.30. The molecule has 2 aromatic rings. The molecule has 0 saturated heterocycles. The molecule has 0 fully saturated rings. The Labute approximate surface area is 152 Å². The maximum Gasteiger partial charge on any atom is 0.421 e. The Hall–Kier alpha value is -1.48. The van der Waals surface area contributed by atoms with E-state index < -0.39 is 27.4 Å². The zero-order valence-electron chi connectivity index (χ0n) is 12.6. The van der Waals surface area contributed by atoms with Gasteiger partial charge in [-0.2, -0.15) is 13.2 Å². The molecule has 0 heterocycles. The summed E-state index contributed by atoms with van der Waals surface area (Å²) in [5.74, 6) is 0. The molecule has 0 spiro atoms. The van der Waals surface area contributed by atoms with E-state index in [0.717, 1.165) is 18.2 Å². The second-order valence-corrected chi connectivity index (χ2v) is 7.77. The maximum atomic E-state index is 12.9. The Balaban J connectivity index is 2.39. The molecule has 2 aromatic carbocycles. The van der Waals surface area contributed by atoms with Crippen molar-refractivity contribution >= 4 is 38.9 Å². The van der Waals surface area contributed by atoms with E-state index in [0.29, 0.717) is 6.92 Å². The summed E-state index contributed by atoms with van der Waals surface area (Å²) in [7, 11) is -4.09. The van der Waals surface area contributed by atoms with Crippen molar-refractivity contribution in [1.82, 2.24) is 0 Å². The molecular weight excluding hydrogens is 402 g/mol. The Morgan fingerprint density at radius 2 is 1.64 bits per heavy atom. The summed E-state index contributed by atoms with van der Waals surface area (Å²) in [5, 5.41) is 9.31. The van der Waals surface area contributed by atoms with Gasteiger partial charge in [-0.3, -0.25) is 4.72 Å². The van der Waals surface area contributed by atoms with Gasteiger partial charge in [0.25, 0.3) is 10.0 Å². The van der Waals surface area contributed by atoms with Crippen LogP contribution in [0.15, 0.2) is 47.4 Å². The van der Waals surface area contributed by atoms with Gasteiger partial charge >= 0.3 is 6.18 Å². The molecule has 0 aliphatic rings. The molecule has 10 heteroatoms. The average molecular weight is 414 g/mol. The molecule has 0 aliphatic carbocycles. The summed E-state index contributed by atoms with van der Waals surface area (Å²) in [5.41, 5.74) is -3.80. The van der Waals surface area contributed by atoms with E-state index in [2.05, 4.69) is 4.72 Å². The first-order valence-corrected chi connectivity index (χ1v) is 8.96. The van der Waals surface area contributed by atoms with E-state index in [1.165, 1.54) is 18.2 Å². The first-order valence-electron chi connectivity index (χ1n) is 6.73. The average Bonchev–Trinajstić information content (AvgIpc) is 2.48. The number of rotatable bonds is 4. The van der Waals surface area contributed by atoms with E-state index in [-0.39, 0.29) is 20.6 Å². The summed E-state index contributed by atoms with van der Waals surface area (Å²) < 4.78 is 65.4. The van der Waals surface area contributed by atoms with Crippen LogP contribution in [-0.2, 0) is 15.6 Å². The van der Waals surface area contributed by atoms with Crippen molar-refractivity contribution in [1.29, 1.82) is 0 Å². The molecule has 136 valence electrons. The zero-order chi connectivity index (χ0) is 19.0. The molecule has 0 amide bonds. The quantitative estimate of drug-likeness (QED) is 0.771. The van der Waals surface area contributed by atoms with Gasteiger partial charge in [0.05, 0.1) is 15.7 Å². The zero-order valence-corrected chi connectivity index (χ0v) is 14.9. The summed E-state index contributed by atoms with van der Waals surface area (Å²) >= 11 is 11.7. The van der Waals surface area contributed by atoms with Crippen LogP contribution in [0.2, 0.25) is 10.0 Å². The normalized spacial score (nSPS) is 14.8. The van der Waals surface area contributed by atoms with Gasteiger partial charge in [-0.15, -0.1) is 0 Å². The number of hydrogen-bond donors (Lipinski definition) is 2. The van der Waals surface area contributed by atoms with Crippen molar-refractivity contribution in [3.8, 4) is 0 Å². The second kappa shape index (κ2) is 6.68. The predicted molar refractivity (Wildman–Crippen MR) is 89.3 cm³/mol. The molecule has 0 radical (unpaired) electrons. The molecule has 4 nitrogen and oxygen atoms in total. The number of aliphatic hydroxyl groups is 1. The highest BCUT2D eigenvalue weighted by molar-refractivity contribution is 7.92. The van der Waals surface area contributed by atoms with E-state index in [9.17, 15) is 26.7 Å². The second-order valence-electron chi connectivity index (χ2n) is 5.30. The van der Waals surface area contributed by atoms with Crippen LogP contribution in [0.4, 0.5) is 18.9 Å². The third-order valence-electron chi connectivity index (χ3n) is 3.45. The van der Waals surface area contributed by atoms with Crippen LogP contribution in [-0.4, -0.2) is 19.7 Å². The Morgan fingerprint density at radius 1 is 1.04 bits per heavy atom. The highest BCUT2D eigenvalue weighted by Gasteiger charge is 2.51. The van der Waals surface area contributed by atoms with Gasteiger partial charge in [-0.1, -0.05) is 41.4 Å². The minimum atomic E-state index is -4.92. The monoisotopic (exact) mass is 413 g/mol. The highest BCUT2D eigenvalue weighted by Crippen LogP contribution is 2.40. The summed E-state index contributed by atoms with van der Waals surface area (Å²) in [6.45, 7) is 0.576. The van der Waals surface area contributed by atoms with Crippen molar-refractivity contribution < 1.29 is 26.7 Å². The number of alkyl halides is 3. The van der Waals surface area contributed by atoms with Crippen LogP contribution in [0, 0.1) is 0 Å². The highest BCUT2D eigenvalue weighted by atomic mass is 35.5. The van der Waals surface area contributed by atoms with Gasteiger partial charge in [0, 0.05) is 0 Å². The molecule has 0 aliphatic heterocycles. The predicted octanol–water partition coefficient (Wildman–Crippen LogP) is 4.56. The Morgan fingerprint density at radius 3 is 2.16 bits per heavy atom. The third-order valence-corrected chi connectivity index (χ3v) is 5.63. The van der Waals surface area contributed by atoms with E-state index in [1.54, 1.807) is 6.07 Å². The molecule has 2 rings (SSSR count). The van der Waals surface area contributed by atoms with Gasteiger partial charge in [0.2, 0.25) is 0 Å². The number of halogens is 5. The first-order chi connectivity index (χ1) is 11.4. The molecule has 2 N–H and O–H groups in total. The van der Waals surface area contributed by atoms with Gasteiger partial charge in [0.15, 0.2) is 5.60 Å². The molecule has 25 heavy (non-hydrogen) atoms. The minimum absolute atomic E-state index is 0.0252. The van der Waals surface area contributed by atoms with E-state index >= 15 is 0 Å². The standard InChI is InChI=1S/C15H12Cl2F3NO3S/c1-14(22,15(18,19)20)9-6-7-12(11(17)8-9)21-25(23,24)13-5-3-2-4-10(13)16/h2-8,21-22H,1H3. The van der Waals surface area contributed by atoms with Crippen LogP contribution < -0.4 is 4.72 Å². The van der Waals surface area contributed by atoms with Crippen LogP contribution in [0.3, 0.4) is 0 Å². The number of benzene rings is 2. The van der Waals surface area contributed by atoms with Crippen molar-refractivity contribution in [2.45, 2.75) is 23.6 Å². The van der Waals surface area contributed by atoms with Crippen molar-refractivity contribution in [2.24, 2.45) is 0 Å². The summed E-state index contributed by atoms with van der Waals surface area (Å²) in [6, 6.07) is 8.46. The van der Waals surface area contributed by atoms with Crippen molar-refractivity contribution in [3.63, 3.8) is 0 Å². The minimum Gasteiger partial charge on any atom is -0.376 e. The molecular formula is C15H12Cl2F3NO3S. The lowest BCUT2D eigenvalue weighted by molar-refractivity contribution is -0.258. The number of nitrogens with one attached hydrogen (secondary N) is 1. The van der Waals surface area contributed by atoms with E-state index in [4.69, 9.17) is 23.2 Å². The molecule has 0 saturated carbocycles. The number of anilines is 1. The molecule has 0 aromatic heterocycles. The SMILES string of the molecule is CC(O)(c1ccc(NS(=O)(=O)c2ccccc2Cl)c(Cl)c1)C(F)(F)F. The smallest absolute Gasteiger partial charge is 0.376 e. The van der Waals surface area contributed by atoms with Crippen LogP contribution in [0.25, 0.3) is 0 Å². The van der Waals surface area contributed by atoms with Crippen molar-refractivity contribution in [3.05, 3.63) is 58.1 Å². The fraction of sp³-hybridized carbons (Fsp3) is 0.200.